The number of ether oxygens (including phenoxy) is 2. The van der Waals surface area contributed by atoms with Crippen molar-refractivity contribution in [2.75, 3.05) is 12.5 Å². The molecule has 0 radical (unpaired) electrons. The number of aromatic nitrogens is 2. The summed E-state index contributed by atoms with van der Waals surface area (Å²) < 4.78 is 10.6. The molecule has 1 aliphatic heterocycles. The number of aryl methyl sites for hydroxylation is 1. The Morgan fingerprint density at radius 2 is 2.10 bits per heavy atom. The van der Waals surface area contributed by atoms with Crippen LogP contribution >= 0.6 is 11.6 Å². The van der Waals surface area contributed by atoms with Crippen LogP contribution in [0.3, 0.4) is 0 Å². The van der Waals surface area contributed by atoms with Crippen LogP contribution < -0.4 is 15.2 Å². The van der Waals surface area contributed by atoms with Gasteiger partial charge in [-0.3, -0.25) is 0 Å². The number of hydrogen-bond donors (Lipinski definition) is 1. The van der Waals surface area contributed by atoms with Gasteiger partial charge in [-0.1, -0.05) is 24.9 Å². The molecule has 6 heteroatoms. The van der Waals surface area contributed by atoms with Crippen LogP contribution in [0.1, 0.15) is 19.0 Å². The highest BCUT2D eigenvalue weighted by atomic mass is 35.5. The molecule has 1 aromatic heterocycles. The number of hydrogen-bond acceptors (Lipinski definition) is 5. The predicted octanol–water partition coefficient (Wildman–Crippen LogP) is 3.06. The second kappa shape index (κ2) is 5.17. The van der Waals surface area contributed by atoms with Crippen molar-refractivity contribution in [1.29, 1.82) is 0 Å². The van der Waals surface area contributed by atoms with E-state index in [9.17, 15) is 0 Å². The highest BCUT2D eigenvalue weighted by Gasteiger charge is 2.20. The van der Waals surface area contributed by atoms with Crippen LogP contribution in [0.15, 0.2) is 18.2 Å². The van der Waals surface area contributed by atoms with E-state index in [1.165, 1.54) is 0 Å². The Morgan fingerprint density at radius 3 is 2.90 bits per heavy atom. The summed E-state index contributed by atoms with van der Waals surface area (Å²) in [6.45, 7) is 2.27. The van der Waals surface area contributed by atoms with Crippen molar-refractivity contribution >= 4 is 17.4 Å². The van der Waals surface area contributed by atoms with Crippen molar-refractivity contribution in [3.8, 4) is 22.9 Å². The van der Waals surface area contributed by atoms with E-state index in [2.05, 4.69) is 16.9 Å². The van der Waals surface area contributed by atoms with E-state index in [0.29, 0.717) is 28.2 Å². The van der Waals surface area contributed by atoms with Gasteiger partial charge in [-0.05, 0) is 18.6 Å². The largest absolute Gasteiger partial charge is 0.454 e. The molecule has 2 N–H and O–H groups in total. The van der Waals surface area contributed by atoms with Crippen molar-refractivity contribution in [2.24, 2.45) is 0 Å². The van der Waals surface area contributed by atoms with Crippen LogP contribution in [0.2, 0.25) is 5.02 Å². The maximum Gasteiger partial charge on any atom is 0.231 e. The van der Waals surface area contributed by atoms with Crippen LogP contribution in [-0.2, 0) is 6.42 Å². The Morgan fingerprint density at radius 1 is 1.25 bits per heavy atom. The van der Waals surface area contributed by atoms with Gasteiger partial charge >= 0.3 is 0 Å². The Hall–Kier alpha value is -2.01. The van der Waals surface area contributed by atoms with Gasteiger partial charge in [0.1, 0.15) is 5.82 Å². The molecule has 104 valence electrons. The zero-order valence-corrected chi connectivity index (χ0v) is 11.8. The second-order valence-electron chi connectivity index (χ2n) is 4.55. The quantitative estimate of drug-likeness (QED) is 0.941. The fourth-order valence-electron chi connectivity index (χ4n) is 2.13. The van der Waals surface area contributed by atoms with Gasteiger partial charge in [-0.15, -0.1) is 0 Å². The van der Waals surface area contributed by atoms with E-state index in [4.69, 9.17) is 26.8 Å². The van der Waals surface area contributed by atoms with Gasteiger partial charge < -0.3 is 15.2 Å². The minimum Gasteiger partial charge on any atom is -0.454 e. The molecule has 0 bridgehead atoms. The van der Waals surface area contributed by atoms with Crippen molar-refractivity contribution in [2.45, 2.75) is 19.8 Å². The summed E-state index contributed by atoms with van der Waals surface area (Å²) in [7, 11) is 0. The number of nitrogens with two attached hydrogens (primary N) is 1. The third-order valence-corrected chi connectivity index (χ3v) is 3.27. The van der Waals surface area contributed by atoms with Crippen molar-refractivity contribution in [1.82, 2.24) is 9.97 Å². The third kappa shape index (κ3) is 2.36. The molecule has 0 amide bonds. The first-order valence-electron chi connectivity index (χ1n) is 6.40. The van der Waals surface area contributed by atoms with Gasteiger partial charge in [0, 0.05) is 17.3 Å². The summed E-state index contributed by atoms with van der Waals surface area (Å²) >= 11 is 6.17. The Bertz CT molecular complexity index is 661. The van der Waals surface area contributed by atoms with Gasteiger partial charge in [0.15, 0.2) is 17.3 Å². The highest BCUT2D eigenvalue weighted by Crippen LogP contribution is 2.41. The molecule has 5 nitrogen and oxygen atoms in total. The molecule has 1 aliphatic rings. The Labute approximate surface area is 121 Å². The second-order valence-corrected chi connectivity index (χ2v) is 4.96. The molecular weight excluding hydrogens is 278 g/mol. The zero-order chi connectivity index (χ0) is 14.1. The summed E-state index contributed by atoms with van der Waals surface area (Å²) in [6.07, 6.45) is 1.86. The summed E-state index contributed by atoms with van der Waals surface area (Å²) in [4.78, 5) is 8.78. The molecule has 2 heterocycles. The average molecular weight is 292 g/mol. The Kier molecular flexibility index (Phi) is 3.36. The lowest BCUT2D eigenvalue weighted by Gasteiger charge is -2.07. The fraction of sp³-hybridized carbons (Fsp3) is 0.286. The topological polar surface area (TPSA) is 70.3 Å². The average Bonchev–Trinajstić information content (AvgIpc) is 2.87. The molecule has 1 aromatic carbocycles. The summed E-state index contributed by atoms with van der Waals surface area (Å²) in [6, 6.07) is 5.37. The van der Waals surface area contributed by atoms with Crippen molar-refractivity contribution in [3.63, 3.8) is 0 Å². The van der Waals surface area contributed by atoms with Gasteiger partial charge in [-0.25, -0.2) is 9.97 Å². The maximum atomic E-state index is 6.17. The fourth-order valence-corrected chi connectivity index (χ4v) is 2.39. The minimum atomic E-state index is 0.178. The first kappa shape index (κ1) is 13.0. The molecule has 2 aromatic rings. The third-order valence-electron chi connectivity index (χ3n) is 2.99. The summed E-state index contributed by atoms with van der Waals surface area (Å²) in [5.74, 6) is 2.17. The lowest BCUT2D eigenvalue weighted by atomic mass is 10.1. The van der Waals surface area contributed by atoms with E-state index < -0.39 is 0 Å². The number of rotatable bonds is 3. The standard InChI is InChI=1S/C14H14ClN3O2/c1-2-3-9-6-12(16)18-14(17-9)8-4-10(15)13-11(5-8)19-7-20-13/h4-6H,2-3,7H2,1H3,(H2,16,17,18). The maximum absolute atomic E-state index is 6.17. The highest BCUT2D eigenvalue weighted by molar-refractivity contribution is 6.32. The van der Waals surface area contributed by atoms with Crippen LogP contribution in [0, 0.1) is 0 Å². The van der Waals surface area contributed by atoms with Crippen molar-refractivity contribution < 1.29 is 9.47 Å². The van der Waals surface area contributed by atoms with E-state index in [0.717, 1.165) is 24.1 Å². The number of anilines is 1. The smallest absolute Gasteiger partial charge is 0.231 e. The molecular formula is C14H14ClN3O2. The van der Waals surface area contributed by atoms with Gasteiger partial charge in [0.25, 0.3) is 0 Å². The van der Waals surface area contributed by atoms with Gasteiger partial charge in [0.2, 0.25) is 6.79 Å². The Balaban J connectivity index is 2.07. The molecule has 0 unspecified atom stereocenters. The lowest BCUT2D eigenvalue weighted by molar-refractivity contribution is 0.174. The number of benzene rings is 1. The minimum absolute atomic E-state index is 0.178. The normalized spacial score (nSPS) is 12.7. The molecule has 0 spiro atoms. The van der Waals surface area contributed by atoms with Crippen LogP contribution in [0.4, 0.5) is 5.82 Å². The van der Waals surface area contributed by atoms with Gasteiger partial charge in [-0.2, -0.15) is 0 Å². The number of halogens is 1. The molecule has 0 fully saturated rings. The molecule has 0 aliphatic carbocycles. The van der Waals surface area contributed by atoms with E-state index in [1.54, 1.807) is 12.1 Å². The van der Waals surface area contributed by atoms with E-state index >= 15 is 0 Å². The first-order chi connectivity index (χ1) is 9.67. The van der Waals surface area contributed by atoms with E-state index in [-0.39, 0.29) is 6.79 Å². The summed E-state index contributed by atoms with van der Waals surface area (Å²) in [5.41, 5.74) is 7.53. The monoisotopic (exact) mass is 291 g/mol. The molecule has 0 saturated heterocycles. The predicted molar refractivity (Wildman–Crippen MR) is 77.0 cm³/mol. The molecule has 0 atom stereocenters. The van der Waals surface area contributed by atoms with Crippen molar-refractivity contribution in [3.05, 3.63) is 28.9 Å². The molecule has 20 heavy (non-hydrogen) atoms. The van der Waals surface area contributed by atoms with E-state index in [1.807, 2.05) is 6.07 Å². The lowest BCUT2D eigenvalue weighted by Crippen LogP contribution is -2.00. The first-order valence-corrected chi connectivity index (χ1v) is 6.78. The SMILES string of the molecule is CCCc1cc(N)nc(-c2cc(Cl)c3c(c2)OCO3)n1. The van der Waals surface area contributed by atoms with Gasteiger partial charge in [0.05, 0.1) is 5.02 Å². The number of fused-ring (bicyclic) bond motifs is 1. The number of nitrogen functional groups attached to an aromatic ring is 1. The molecule has 3 rings (SSSR count). The van der Waals surface area contributed by atoms with Crippen LogP contribution in [0.25, 0.3) is 11.4 Å². The molecule has 0 saturated carbocycles. The number of nitrogens with zero attached hydrogens (tertiary/aromatic N) is 2. The van der Waals surface area contributed by atoms with Crippen LogP contribution in [0.5, 0.6) is 11.5 Å². The van der Waals surface area contributed by atoms with Crippen LogP contribution in [-0.4, -0.2) is 16.8 Å². The zero-order valence-electron chi connectivity index (χ0n) is 11.0. The summed E-state index contributed by atoms with van der Waals surface area (Å²) in [5, 5.41) is 0.484.